The third kappa shape index (κ3) is 3.09. The van der Waals surface area contributed by atoms with E-state index in [4.69, 9.17) is 4.74 Å². The highest BCUT2D eigenvalue weighted by atomic mass is 19.1. The maximum atomic E-state index is 12.8. The van der Waals surface area contributed by atoms with Gasteiger partial charge >= 0.3 is 0 Å². The maximum absolute atomic E-state index is 12.8. The first-order valence-corrected chi connectivity index (χ1v) is 5.59. The van der Waals surface area contributed by atoms with Crippen LogP contribution in [0, 0.1) is 17.7 Å². The Bertz CT molecular complexity index is 598. The number of H-pyrrole nitrogens is 1. The standard InChI is InChI=1S/C13H12FN3O2/c1-2-3-11-12(7-16-17-11)19-13(8-18)10-5-4-9(14)6-15-10/h4-7,13,18H,8H2,1H3,(H,16,17)/t13-/m1/s1. The van der Waals surface area contributed by atoms with Crippen molar-refractivity contribution in [3.05, 3.63) is 41.7 Å². The number of pyridine rings is 1. The van der Waals surface area contributed by atoms with Crippen LogP contribution >= 0.6 is 0 Å². The number of aromatic amines is 1. The first-order chi connectivity index (χ1) is 9.24. The lowest BCUT2D eigenvalue weighted by Crippen LogP contribution is -2.14. The molecule has 0 aliphatic heterocycles. The molecule has 0 aliphatic carbocycles. The normalized spacial score (nSPS) is 11.5. The SMILES string of the molecule is CC#Cc1[nH]ncc1O[C@H](CO)c1ccc(F)cn1. The Hall–Kier alpha value is -2.39. The fourth-order valence-corrected chi connectivity index (χ4v) is 1.50. The number of ether oxygens (including phenoxy) is 1. The van der Waals surface area contributed by atoms with E-state index >= 15 is 0 Å². The largest absolute Gasteiger partial charge is 0.477 e. The molecule has 0 bridgehead atoms. The zero-order chi connectivity index (χ0) is 13.7. The Labute approximate surface area is 109 Å². The number of nitrogens with zero attached hydrogens (tertiary/aromatic N) is 2. The van der Waals surface area contributed by atoms with E-state index in [2.05, 4.69) is 27.0 Å². The highest BCUT2D eigenvalue weighted by Gasteiger charge is 2.16. The monoisotopic (exact) mass is 261 g/mol. The number of hydrogen-bond acceptors (Lipinski definition) is 4. The summed E-state index contributed by atoms with van der Waals surface area (Å²) in [5.41, 5.74) is 0.948. The number of rotatable bonds is 4. The zero-order valence-electron chi connectivity index (χ0n) is 10.2. The topological polar surface area (TPSA) is 71.0 Å². The van der Waals surface area contributed by atoms with Crippen LogP contribution in [0.3, 0.4) is 0 Å². The summed E-state index contributed by atoms with van der Waals surface area (Å²) in [7, 11) is 0. The average Bonchev–Trinajstić information content (AvgIpc) is 2.85. The Kier molecular flexibility index (Phi) is 4.11. The van der Waals surface area contributed by atoms with Gasteiger partial charge in [0.25, 0.3) is 0 Å². The zero-order valence-corrected chi connectivity index (χ0v) is 10.2. The van der Waals surface area contributed by atoms with Gasteiger partial charge in [0.05, 0.1) is 24.7 Å². The number of halogens is 1. The smallest absolute Gasteiger partial charge is 0.174 e. The van der Waals surface area contributed by atoms with Crippen molar-refractivity contribution in [1.82, 2.24) is 15.2 Å². The maximum Gasteiger partial charge on any atom is 0.174 e. The van der Waals surface area contributed by atoms with E-state index in [1.54, 1.807) is 6.92 Å². The fourth-order valence-electron chi connectivity index (χ4n) is 1.50. The van der Waals surface area contributed by atoms with Gasteiger partial charge in [0.1, 0.15) is 5.82 Å². The third-order valence-corrected chi connectivity index (χ3v) is 2.37. The second-order valence-corrected chi connectivity index (χ2v) is 3.67. The van der Waals surface area contributed by atoms with Gasteiger partial charge in [-0.3, -0.25) is 10.1 Å². The molecule has 0 saturated carbocycles. The summed E-state index contributed by atoms with van der Waals surface area (Å²) < 4.78 is 18.4. The molecule has 2 N–H and O–H groups in total. The number of nitrogens with one attached hydrogen (secondary N) is 1. The predicted octanol–water partition coefficient (Wildman–Crippen LogP) is 1.43. The molecule has 98 valence electrons. The molecule has 0 saturated heterocycles. The molecule has 0 radical (unpaired) electrons. The summed E-state index contributed by atoms with van der Waals surface area (Å²) in [5.74, 6) is 5.48. The number of aliphatic hydroxyl groups excluding tert-OH is 1. The second-order valence-electron chi connectivity index (χ2n) is 3.67. The summed E-state index contributed by atoms with van der Waals surface area (Å²) in [6.45, 7) is 1.40. The van der Waals surface area contributed by atoms with Crippen molar-refractivity contribution < 1.29 is 14.2 Å². The molecule has 0 unspecified atom stereocenters. The van der Waals surface area contributed by atoms with E-state index in [0.29, 0.717) is 17.1 Å². The Morgan fingerprint density at radius 3 is 2.95 bits per heavy atom. The molecule has 2 heterocycles. The van der Waals surface area contributed by atoms with Crippen LogP contribution in [0.1, 0.15) is 24.4 Å². The second kappa shape index (κ2) is 5.98. The lowest BCUT2D eigenvalue weighted by Gasteiger charge is -2.15. The van der Waals surface area contributed by atoms with Crippen LogP contribution in [-0.4, -0.2) is 26.9 Å². The molecular weight excluding hydrogens is 249 g/mol. The average molecular weight is 261 g/mol. The van der Waals surface area contributed by atoms with Gasteiger partial charge in [-0.1, -0.05) is 5.92 Å². The predicted molar refractivity (Wildman–Crippen MR) is 65.8 cm³/mol. The van der Waals surface area contributed by atoms with Crippen molar-refractivity contribution in [3.63, 3.8) is 0 Å². The van der Waals surface area contributed by atoms with Gasteiger partial charge in [-0.25, -0.2) is 4.39 Å². The fraction of sp³-hybridized carbons (Fsp3) is 0.231. The minimum Gasteiger partial charge on any atom is -0.477 e. The molecule has 0 aliphatic rings. The number of aromatic nitrogens is 3. The highest BCUT2D eigenvalue weighted by molar-refractivity contribution is 5.39. The van der Waals surface area contributed by atoms with E-state index in [9.17, 15) is 9.50 Å². The van der Waals surface area contributed by atoms with Gasteiger partial charge in [-0.05, 0) is 25.0 Å². The molecule has 0 amide bonds. The Morgan fingerprint density at radius 1 is 1.47 bits per heavy atom. The quantitative estimate of drug-likeness (QED) is 0.817. The van der Waals surface area contributed by atoms with E-state index in [-0.39, 0.29) is 6.61 Å². The minimum atomic E-state index is -0.699. The minimum absolute atomic E-state index is 0.289. The molecule has 1 atom stereocenters. The van der Waals surface area contributed by atoms with Gasteiger partial charge in [0.15, 0.2) is 17.5 Å². The Morgan fingerprint density at radius 2 is 2.32 bits per heavy atom. The van der Waals surface area contributed by atoms with Crippen molar-refractivity contribution in [2.75, 3.05) is 6.61 Å². The van der Waals surface area contributed by atoms with Crippen LogP contribution in [0.25, 0.3) is 0 Å². The van der Waals surface area contributed by atoms with Crippen LogP contribution in [0.15, 0.2) is 24.5 Å². The van der Waals surface area contributed by atoms with Crippen molar-refractivity contribution in [3.8, 4) is 17.6 Å². The van der Waals surface area contributed by atoms with Gasteiger partial charge in [-0.2, -0.15) is 5.10 Å². The van der Waals surface area contributed by atoms with E-state index in [0.717, 1.165) is 6.20 Å². The summed E-state index contributed by atoms with van der Waals surface area (Å²) >= 11 is 0. The van der Waals surface area contributed by atoms with Gasteiger partial charge in [-0.15, -0.1) is 0 Å². The lowest BCUT2D eigenvalue weighted by molar-refractivity contribution is 0.113. The summed E-state index contributed by atoms with van der Waals surface area (Å²) in [4.78, 5) is 3.88. The van der Waals surface area contributed by atoms with Crippen LogP contribution in [-0.2, 0) is 0 Å². The van der Waals surface area contributed by atoms with Gasteiger partial charge in [0, 0.05) is 0 Å². The molecule has 5 nitrogen and oxygen atoms in total. The van der Waals surface area contributed by atoms with Crippen molar-refractivity contribution in [1.29, 1.82) is 0 Å². The van der Waals surface area contributed by atoms with Crippen molar-refractivity contribution in [2.24, 2.45) is 0 Å². The van der Waals surface area contributed by atoms with Gasteiger partial charge < -0.3 is 9.84 Å². The summed E-state index contributed by atoms with van der Waals surface area (Å²) in [5, 5.41) is 15.9. The van der Waals surface area contributed by atoms with Crippen LogP contribution in [0.2, 0.25) is 0 Å². The van der Waals surface area contributed by atoms with Crippen LogP contribution in [0.4, 0.5) is 4.39 Å². The third-order valence-electron chi connectivity index (χ3n) is 2.37. The summed E-state index contributed by atoms with van der Waals surface area (Å²) in [6, 6.07) is 2.72. The molecule has 19 heavy (non-hydrogen) atoms. The van der Waals surface area contributed by atoms with Crippen molar-refractivity contribution in [2.45, 2.75) is 13.0 Å². The molecule has 2 aromatic heterocycles. The number of hydrogen-bond donors (Lipinski definition) is 2. The van der Waals surface area contributed by atoms with E-state index in [1.807, 2.05) is 0 Å². The van der Waals surface area contributed by atoms with Crippen LogP contribution in [0.5, 0.6) is 5.75 Å². The highest BCUT2D eigenvalue weighted by Crippen LogP contribution is 2.22. The lowest BCUT2D eigenvalue weighted by atomic mass is 10.2. The molecule has 0 aromatic carbocycles. The Balaban J connectivity index is 2.20. The first kappa shape index (κ1) is 13.1. The molecular formula is C13H12FN3O2. The van der Waals surface area contributed by atoms with E-state index < -0.39 is 11.9 Å². The van der Waals surface area contributed by atoms with E-state index in [1.165, 1.54) is 18.3 Å². The molecule has 2 rings (SSSR count). The van der Waals surface area contributed by atoms with Crippen molar-refractivity contribution >= 4 is 0 Å². The van der Waals surface area contributed by atoms with Gasteiger partial charge in [0.2, 0.25) is 0 Å². The molecule has 0 spiro atoms. The number of aliphatic hydroxyl groups is 1. The molecule has 0 fully saturated rings. The van der Waals surface area contributed by atoms with Crippen LogP contribution < -0.4 is 4.74 Å². The summed E-state index contributed by atoms with van der Waals surface area (Å²) in [6.07, 6.45) is 1.84. The molecule has 2 aromatic rings. The molecule has 6 heteroatoms. The first-order valence-electron chi connectivity index (χ1n) is 5.59.